The number of carbonyl (C=O) groups is 1. The van der Waals surface area contributed by atoms with E-state index in [2.05, 4.69) is 10.3 Å². The highest BCUT2D eigenvalue weighted by Crippen LogP contribution is 2.38. The molecule has 0 aliphatic heterocycles. The van der Waals surface area contributed by atoms with Crippen LogP contribution in [-0.2, 0) is 11.3 Å². The zero-order chi connectivity index (χ0) is 26.2. The molecule has 2 aromatic carbocycles. The largest absolute Gasteiger partial charge is 0.399 e. The molecule has 9 heteroatoms. The Bertz CT molecular complexity index is 1170. The van der Waals surface area contributed by atoms with Crippen LogP contribution in [0.1, 0.15) is 39.4 Å². The highest BCUT2D eigenvalue weighted by atomic mass is 35.5. The summed E-state index contributed by atoms with van der Waals surface area (Å²) in [4.78, 5) is 13.9. The molecule has 0 saturated carbocycles. The third kappa shape index (κ3) is 8.67. The molecule has 1 aromatic heterocycles. The predicted molar refractivity (Wildman–Crippen MR) is 132 cm³/mol. The van der Waals surface area contributed by atoms with Crippen LogP contribution in [0.5, 0.6) is 0 Å². The summed E-state index contributed by atoms with van der Waals surface area (Å²) in [6.07, 6.45) is 0.237. The van der Waals surface area contributed by atoms with E-state index >= 15 is 0 Å². The smallest absolute Gasteiger partial charge is 0.353 e. The van der Waals surface area contributed by atoms with Gasteiger partial charge in [0.05, 0.1) is 23.2 Å². The lowest BCUT2D eigenvalue weighted by atomic mass is 9.95. The van der Waals surface area contributed by atoms with Crippen LogP contribution in [0.4, 0.5) is 17.6 Å². The van der Waals surface area contributed by atoms with E-state index in [0.29, 0.717) is 23.5 Å². The average Bonchev–Trinajstić information content (AvgIpc) is 2.78. The Morgan fingerprint density at radius 2 is 1.71 bits per heavy atom. The van der Waals surface area contributed by atoms with Crippen LogP contribution < -0.4 is 5.32 Å². The van der Waals surface area contributed by atoms with Crippen LogP contribution in [-0.4, -0.2) is 17.6 Å². The molecule has 0 aliphatic carbocycles. The fourth-order valence-electron chi connectivity index (χ4n) is 3.11. The van der Waals surface area contributed by atoms with Gasteiger partial charge in [0.25, 0.3) is 0 Å². The van der Waals surface area contributed by atoms with Crippen molar-refractivity contribution in [1.82, 2.24) is 10.3 Å². The maximum atomic E-state index is 13.6. The van der Waals surface area contributed by atoms with Crippen molar-refractivity contribution >= 4 is 35.7 Å². The van der Waals surface area contributed by atoms with E-state index in [4.69, 9.17) is 23.2 Å². The normalized spacial score (nSPS) is 12.1. The Hall–Kier alpha value is -2.90. The van der Waals surface area contributed by atoms with Crippen molar-refractivity contribution < 1.29 is 22.4 Å². The Kier molecular flexibility index (Phi) is 10.3. The second kappa shape index (κ2) is 12.7. The molecule has 1 atom stereocenters. The SMILES string of the molecule is Cc1ccc(/C=C/C(c2cc(C)c(F)c(Cl)c2)C(F)(F)F)cc1C.O=CNCc1cc(Cl)ccn1. The molecule has 0 aliphatic rings. The van der Waals surface area contributed by atoms with Gasteiger partial charge in [-0.25, -0.2) is 4.39 Å². The molecule has 35 heavy (non-hydrogen) atoms. The number of carbonyl (C=O) groups excluding carboxylic acids is 1. The number of halogens is 6. The minimum absolute atomic E-state index is 0.0773. The maximum Gasteiger partial charge on any atom is 0.399 e. The molecular weight excluding hydrogens is 503 g/mol. The first-order chi connectivity index (χ1) is 16.4. The summed E-state index contributed by atoms with van der Waals surface area (Å²) < 4.78 is 53.9. The van der Waals surface area contributed by atoms with Gasteiger partial charge in [-0.05, 0) is 66.8 Å². The number of allylic oxidation sites excluding steroid dienone is 1. The summed E-state index contributed by atoms with van der Waals surface area (Å²) >= 11 is 11.4. The van der Waals surface area contributed by atoms with Crippen LogP contribution in [0.15, 0.2) is 54.7 Å². The number of hydrogen-bond acceptors (Lipinski definition) is 2. The van der Waals surface area contributed by atoms with Gasteiger partial charge in [0.2, 0.25) is 6.41 Å². The minimum atomic E-state index is -4.50. The zero-order valence-corrected chi connectivity index (χ0v) is 20.8. The number of hydrogen-bond donors (Lipinski definition) is 1. The maximum absolute atomic E-state index is 13.6. The predicted octanol–water partition coefficient (Wildman–Crippen LogP) is 7.74. The van der Waals surface area contributed by atoms with E-state index in [1.54, 1.807) is 24.4 Å². The van der Waals surface area contributed by atoms with Crippen molar-refractivity contribution in [2.24, 2.45) is 0 Å². The molecule has 3 nitrogen and oxygen atoms in total. The fourth-order valence-corrected chi connectivity index (χ4v) is 3.57. The summed E-state index contributed by atoms with van der Waals surface area (Å²) in [5.41, 5.74) is 3.52. The molecule has 0 spiro atoms. The van der Waals surface area contributed by atoms with E-state index in [-0.39, 0.29) is 16.1 Å². The van der Waals surface area contributed by atoms with E-state index in [0.717, 1.165) is 29.0 Å². The number of benzene rings is 2. The second-order valence-corrected chi connectivity index (χ2v) is 8.66. The van der Waals surface area contributed by atoms with Crippen molar-refractivity contribution in [3.05, 3.63) is 104 Å². The standard InChI is InChI=1S/C19H17ClF4.C7H7ClN2O/c1-11-4-5-14(8-12(11)2)6-7-16(19(22,23)24)15-9-13(3)18(21)17(20)10-15;8-6-1-2-10-7(3-6)4-9-5-11/h4-10,16H,1-3H3;1-3,5H,4H2,(H,9,11)/b7-6+;. The van der Waals surface area contributed by atoms with Gasteiger partial charge in [-0.1, -0.05) is 59.6 Å². The number of nitrogens with zero attached hydrogens (tertiary/aromatic N) is 1. The monoisotopic (exact) mass is 526 g/mol. The first-order valence-corrected chi connectivity index (χ1v) is 11.2. The van der Waals surface area contributed by atoms with Crippen LogP contribution in [0.3, 0.4) is 0 Å². The summed E-state index contributed by atoms with van der Waals surface area (Å²) in [6, 6.07) is 11.1. The lowest BCUT2D eigenvalue weighted by Crippen LogP contribution is -2.19. The zero-order valence-electron chi connectivity index (χ0n) is 19.3. The summed E-state index contributed by atoms with van der Waals surface area (Å²) in [7, 11) is 0. The van der Waals surface area contributed by atoms with Crippen LogP contribution in [0.25, 0.3) is 6.08 Å². The number of alkyl halides is 3. The fraction of sp³-hybridized carbons (Fsp3) is 0.231. The molecule has 1 unspecified atom stereocenters. The van der Waals surface area contributed by atoms with Gasteiger partial charge < -0.3 is 5.32 Å². The number of pyridine rings is 1. The number of aromatic nitrogens is 1. The summed E-state index contributed by atoms with van der Waals surface area (Å²) in [5.74, 6) is -2.55. The third-order valence-corrected chi connectivity index (χ3v) is 5.61. The van der Waals surface area contributed by atoms with Crippen molar-refractivity contribution in [1.29, 1.82) is 0 Å². The Balaban J connectivity index is 0.000000328. The minimum Gasteiger partial charge on any atom is -0.353 e. The van der Waals surface area contributed by atoms with Crippen molar-refractivity contribution in [3.63, 3.8) is 0 Å². The van der Waals surface area contributed by atoms with E-state index in [1.165, 1.54) is 19.1 Å². The number of rotatable bonds is 6. The topological polar surface area (TPSA) is 42.0 Å². The quantitative estimate of drug-likeness (QED) is 0.263. The number of amides is 1. The van der Waals surface area contributed by atoms with Gasteiger partial charge in [-0.3, -0.25) is 9.78 Å². The highest BCUT2D eigenvalue weighted by molar-refractivity contribution is 6.31. The Labute approximate surface area is 211 Å². The first kappa shape index (κ1) is 28.3. The molecule has 1 heterocycles. The van der Waals surface area contributed by atoms with Crippen molar-refractivity contribution in [2.75, 3.05) is 0 Å². The van der Waals surface area contributed by atoms with Gasteiger partial charge in [0.1, 0.15) is 5.82 Å². The lowest BCUT2D eigenvalue weighted by molar-refractivity contribution is -0.139. The van der Waals surface area contributed by atoms with Gasteiger partial charge in [-0.2, -0.15) is 13.2 Å². The molecule has 0 fully saturated rings. The van der Waals surface area contributed by atoms with E-state index < -0.39 is 17.9 Å². The molecule has 0 radical (unpaired) electrons. The molecule has 3 rings (SSSR count). The van der Waals surface area contributed by atoms with Crippen molar-refractivity contribution in [3.8, 4) is 0 Å². The van der Waals surface area contributed by atoms with Gasteiger partial charge >= 0.3 is 6.18 Å². The molecule has 1 amide bonds. The molecule has 0 bridgehead atoms. The highest BCUT2D eigenvalue weighted by Gasteiger charge is 2.39. The average molecular weight is 527 g/mol. The van der Waals surface area contributed by atoms with Crippen molar-refractivity contribution in [2.45, 2.75) is 39.4 Å². The van der Waals surface area contributed by atoms with E-state index in [9.17, 15) is 22.4 Å². The molecule has 3 aromatic rings. The molecule has 0 saturated heterocycles. The number of nitrogens with one attached hydrogen (secondary N) is 1. The third-order valence-electron chi connectivity index (χ3n) is 5.10. The van der Waals surface area contributed by atoms with Crippen LogP contribution in [0.2, 0.25) is 10.0 Å². The molecule has 1 N–H and O–H groups in total. The van der Waals surface area contributed by atoms with E-state index in [1.807, 2.05) is 26.0 Å². The van der Waals surface area contributed by atoms with Crippen LogP contribution in [0, 0.1) is 26.6 Å². The molecular formula is C26H24Cl2F4N2O. The number of aryl methyl sites for hydroxylation is 3. The van der Waals surface area contributed by atoms with Gasteiger partial charge in [0, 0.05) is 11.2 Å². The second-order valence-electron chi connectivity index (χ2n) is 7.82. The Morgan fingerprint density at radius 3 is 2.29 bits per heavy atom. The molecule has 186 valence electrons. The van der Waals surface area contributed by atoms with Gasteiger partial charge in [-0.15, -0.1) is 0 Å². The Morgan fingerprint density at radius 1 is 1.00 bits per heavy atom. The summed E-state index contributed by atoms with van der Waals surface area (Å²) in [5, 5.41) is 2.81. The van der Waals surface area contributed by atoms with Crippen LogP contribution >= 0.6 is 23.2 Å². The summed E-state index contributed by atoms with van der Waals surface area (Å²) in [6.45, 7) is 5.65. The first-order valence-electron chi connectivity index (χ1n) is 10.5. The van der Waals surface area contributed by atoms with Gasteiger partial charge in [0.15, 0.2) is 0 Å². The lowest BCUT2D eigenvalue weighted by Gasteiger charge is -2.18.